The highest BCUT2D eigenvalue weighted by Gasteiger charge is 2.04. The Morgan fingerprint density at radius 3 is 3.00 bits per heavy atom. The van der Waals surface area contributed by atoms with Crippen LogP contribution in [0.2, 0.25) is 5.02 Å². The number of aromatic nitrogens is 1. The molecule has 0 spiro atoms. The van der Waals surface area contributed by atoms with Gasteiger partial charge in [0.15, 0.2) is 5.78 Å². The van der Waals surface area contributed by atoms with Crippen LogP contribution in [-0.4, -0.2) is 10.8 Å². The number of Topliss-reactive ketones (excluding diaryl/α,β-unsaturated/α-hetero) is 1. The number of nitriles is 1. The SMILES string of the molecule is N#CCC(=O)c1cncc(Cl)c1. The summed E-state index contributed by atoms with van der Waals surface area (Å²) >= 11 is 5.59. The van der Waals surface area contributed by atoms with Crippen molar-refractivity contribution in [1.82, 2.24) is 4.98 Å². The van der Waals surface area contributed by atoms with Crippen LogP contribution < -0.4 is 0 Å². The molecule has 4 heteroatoms. The molecule has 3 nitrogen and oxygen atoms in total. The second kappa shape index (κ2) is 3.84. The largest absolute Gasteiger partial charge is 0.293 e. The van der Waals surface area contributed by atoms with E-state index in [-0.39, 0.29) is 12.2 Å². The lowest BCUT2D eigenvalue weighted by Crippen LogP contribution is -1.97. The molecule has 1 heterocycles. The molecule has 0 fully saturated rings. The lowest BCUT2D eigenvalue weighted by Gasteiger charge is -1.94. The van der Waals surface area contributed by atoms with E-state index < -0.39 is 0 Å². The van der Waals surface area contributed by atoms with Gasteiger partial charge in [-0.3, -0.25) is 9.78 Å². The molecule has 12 heavy (non-hydrogen) atoms. The Balaban J connectivity index is 2.90. The smallest absolute Gasteiger partial charge is 0.178 e. The molecule has 0 unspecified atom stereocenters. The number of hydrogen-bond acceptors (Lipinski definition) is 3. The summed E-state index contributed by atoms with van der Waals surface area (Å²) in [4.78, 5) is 14.8. The zero-order chi connectivity index (χ0) is 8.97. The first-order chi connectivity index (χ1) is 5.74. The predicted molar refractivity (Wildman–Crippen MR) is 43.8 cm³/mol. The molecular formula is C8H5ClN2O. The van der Waals surface area contributed by atoms with E-state index in [1.54, 1.807) is 6.07 Å². The van der Waals surface area contributed by atoms with Gasteiger partial charge in [-0.15, -0.1) is 0 Å². The first-order valence-corrected chi connectivity index (χ1v) is 3.62. The summed E-state index contributed by atoms with van der Waals surface area (Å²) in [6, 6.07) is 3.26. The molecule has 0 aliphatic rings. The molecule has 0 aliphatic heterocycles. The molecule has 0 radical (unpaired) electrons. The molecule has 0 bridgehead atoms. The molecular weight excluding hydrogens is 176 g/mol. The van der Waals surface area contributed by atoms with Gasteiger partial charge in [-0.25, -0.2) is 0 Å². The minimum Gasteiger partial charge on any atom is -0.293 e. The number of rotatable bonds is 2. The maximum absolute atomic E-state index is 11.1. The summed E-state index contributed by atoms with van der Waals surface area (Å²) in [5, 5.41) is 8.64. The molecule has 0 saturated carbocycles. The van der Waals surface area contributed by atoms with E-state index in [1.165, 1.54) is 18.5 Å². The summed E-state index contributed by atoms with van der Waals surface area (Å²) < 4.78 is 0. The number of nitrogens with zero attached hydrogens (tertiary/aromatic N) is 2. The van der Waals surface area contributed by atoms with Gasteiger partial charge in [-0.2, -0.15) is 5.26 Å². The van der Waals surface area contributed by atoms with Crippen molar-refractivity contribution >= 4 is 17.4 Å². The monoisotopic (exact) mass is 180 g/mol. The van der Waals surface area contributed by atoms with Gasteiger partial charge in [0.05, 0.1) is 17.5 Å². The number of ketones is 1. The van der Waals surface area contributed by atoms with E-state index in [1.807, 2.05) is 0 Å². The van der Waals surface area contributed by atoms with Crippen molar-refractivity contribution < 1.29 is 4.79 Å². The molecule has 0 amide bonds. The fourth-order valence-electron chi connectivity index (χ4n) is 0.738. The van der Waals surface area contributed by atoms with E-state index in [4.69, 9.17) is 16.9 Å². The number of pyridine rings is 1. The van der Waals surface area contributed by atoms with Crippen molar-refractivity contribution in [3.63, 3.8) is 0 Å². The van der Waals surface area contributed by atoms with E-state index in [0.29, 0.717) is 10.6 Å². The van der Waals surface area contributed by atoms with Gasteiger partial charge in [0.1, 0.15) is 0 Å². The Hall–Kier alpha value is -1.40. The molecule has 1 aromatic heterocycles. The fraction of sp³-hybridized carbons (Fsp3) is 0.125. The van der Waals surface area contributed by atoms with Crippen LogP contribution in [-0.2, 0) is 0 Å². The molecule has 0 aromatic carbocycles. The van der Waals surface area contributed by atoms with Gasteiger partial charge in [0, 0.05) is 18.0 Å². The number of halogens is 1. The average Bonchev–Trinajstić information content (AvgIpc) is 2.05. The minimum absolute atomic E-state index is 0.137. The van der Waals surface area contributed by atoms with Gasteiger partial charge in [0.2, 0.25) is 0 Å². The number of hydrogen-bond donors (Lipinski definition) is 0. The Morgan fingerprint density at radius 1 is 1.67 bits per heavy atom. The standard InChI is InChI=1S/C8H5ClN2O/c9-7-3-6(4-11-5-7)8(12)1-2-10/h3-5H,1H2. The first kappa shape index (κ1) is 8.69. The number of carbonyl (C=O) groups excluding carboxylic acids is 1. The van der Waals surface area contributed by atoms with Crippen molar-refractivity contribution in [2.24, 2.45) is 0 Å². The summed E-state index contributed by atoms with van der Waals surface area (Å²) in [5.74, 6) is -0.257. The van der Waals surface area contributed by atoms with Crippen LogP contribution >= 0.6 is 11.6 Å². The van der Waals surface area contributed by atoms with Crippen LogP contribution in [0.25, 0.3) is 0 Å². The van der Waals surface area contributed by atoms with Crippen LogP contribution in [0.5, 0.6) is 0 Å². The second-order valence-electron chi connectivity index (χ2n) is 2.15. The predicted octanol–water partition coefficient (Wildman–Crippen LogP) is 1.83. The fourth-order valence-corrected chi connectivity index (χ4v) is 0.912. The maximum Gasteiger partial charge on any atom is 0.178 e. The third-order valence-electron chi connectivity index (χ3n) is 1.27. The quantitative estimate of drug-likeness (QED) is 0.653. The van der Waals surface area contributed by atoms with Crippen LogP contribution in [0.1, 0.15) is 16.8 Å². The van der Waals surface area contributed by atoms with Crippen LogP contribution in [0.4, 0.5) is 0 Å². The first-order valence-electron chi connectivity index (χ1n) is 3.24. The lowest BCUT2D eigenvalue weighted by atomic mass is 10.1. The van der Waals surface area contributed by atoms with Crippen LogP contribution in [0, 0.1) is 11.3 Å². The minimum atomic E-state index is -0.257. The highest BCUT2D eigenvalue weighted by Crippen LogP contribution is 2.09. The van der Waals surface area contributed by atoms with Gasteiger partial charge in [-0.1, -0.05) is 11.6 Å². The van der Waals surface area contributed by atoms with Crippen molar-refractivity contribution in [1.29, 1.82) is 5.26 Å². The topological polar surface area (TPSA) is 53.8 Å². The van der Waals surface area contributed by atoms with Crippen LogP contribution in [0.3, 0.4) is 0 Å². The normalized spacial score (nSPS) is 9.00. The molecule has 1 aromatic rings. The van der Waals surface area contributed by atoms with Gasteiger partial charge in [0.25, 0.3) is 0 Å². The summed E-state index contributed by atoms with van der Waals surface area (Å²) in [6.45, 7) is 0. The zero-order valence-electron chi connectivity index (χ0n) is 6.12. The third-order valence-corrected chi connectivity index (χ3v) is 1.47. The van der Waals surface area contributed by atoms with E-state index >= 15 is 0 Å². The number of carbonyl (C=O) groups is 1. The van der Waals surface area contributed by atoms with Crippen molar-refractivity contribution in [3.05, 3.63) is 29.0 Å². The van der Waals surface area contributed by atoms with Crippen molar-refractivity contribution in [2.45, 2.75) is 6.42 Å². The molecule has 0 atom stereocenters. The Bertz CT molecular complexity index is 343. The molecule has 60 valence electrons. The average molecular weight is 181 g/mol. The summed E-state index contributed by atoms with van der Waals surface area (Å²) in [5.41, 5.74) is 0.379. The molecule has 0 saturated heterocycles. The Kier molecular flexibility index (Phi) is 2.78. The molecule has 1 rings (SSSR count). The van der Waals surface area contributed by atoms with Gasteiger partial charge >= 0.3 is 0 Å². The highest BCUT2D eigenvalue weighted by atomic mass is 35.5. The Labute approximate surface area is 74.6 Å². The maximum atomic E-state index is 11.1. The lowest BCUT2D eigenvalue weighted by molar-refractivity contribution is 0.0997. The highest BCUT2D eigenvalue weighted by molar-refractivity contribution is 6.30. The van der Waals surface area contributed by atoms with Gasteiger partial charge < -0.3 is 0 Å². The third kappa shape index (κ3) is 2.04. The van der Waals surface area contributed by atoms with E-state index in [2.05, 4.69) is 4.98 Å². The van der Waals surface area contributed by atoms with Gasteiger partial charge in [-0.05, 0) is 6.07 Å². The summed E-state index contributed by atoms with van der Waals surface area (Å²) in [7, 11) is 0. The van der Waals surface area contributed by atoms with Crippen molar-refractivity contribution in [2.75, 3.05) is 0 Å². The molecule has 0 aliphatic carbocycles. The van der Waals surface area contributed by atoms with Crippen molar-refractivity contribution in [3.8, 4) is 6.07 Å². The van der Waals surface area contributed by atoms with Crippen LogP contribution in [0.15, 0.2) is 18.5 Å². The molecule has 0 N–H and O–H groups in total. The second-order valence-corrected chi connectivity index (χ2v) is 2.59. The van der Waals surface area contributed by atoms with E-state index in [9.17, 15) is 4.79 Å². The zero-order valence-corrected chi connectivity index (χ0v) is 6.88. The summed E-state index contributed by atoms with van der Waals surface area (Å²) in [6.07, 6.45) is 2.69. The van der Waals surface area contributed by atoms with E-state index in [0.717, 1.165) is 0 Å². The Morgan fingerprint density at radius 2 is 2.42 bits per heavy atom.